The molecule has 2 amide bonds. The minimum Gasteiger partial charge on any atom is -0.435 e. The van der Waals surface area contributed by atoms with Crippen LogP contribution < -0.4 is 15.4 Å². The Morgan fingerprint density at radius 1 is 0.906 bits per heavy atom. The van der Waals surface area contributed by atoms with Crippen LogP contribution in [0.5, 0.6) is 11.6 Å². The summed E-state index contributed by atoms with van der Waals surface area (Å²) >= 11 is 13.4. The Kier molecular flexibility index (Phi) is 6.70. The Morgan fingerprint density at radius 2 is 1.69 bits per heavy atom. The van der Waals surface area contributed by atoms with Crippen molar-refractivity contribution in [1.82, 2.24) is 4.98 Å². The van der Waals surface area contributed by atoms with Crippen LogP contribution in [0, 0.1) is 0 Å². The van der Waals surface area contributed by atoms with Crippen molar-refractivity contribution in [3.05, 3.63) is 98.8 Å². The number of halogens is 2. The van der Waals surface area contributed by atoms with E-state index in [1.54, 1.807) is 54.6 Å². The number of nitrogens with zero attached hydrogens (tertiary/aromatic N) is 1. The van der Waals surface area contributed by atoms with Crippen molar-refractivity contribution in [2.24, 2.45) is 0 Å². The van der Waals surface area contributed by atoms with Gasteiger partial charge in [0, 0.05) is 17.4 Å². The zero-order valence-electron chi connectivity index (χ0n) is 16.3. The van der Waals surface area contributed by atoms with Crippen LogP contribution in [0.3, 0.4) is 0 Å². The van der Waals surface area contributed by atoms with Gasteiger partial charge in [-0.2, -0.15) is 0 Å². The topological polar surface area (TPSA) is 80.3 Å². The van der Waals surface area contributed by atoms with E-state index < -0.39 is 0 Å². The number of anilines is 2. The van der Waals surface area contributed by atoms with Crippen molar-refractivity contribution in [3.63, 3.8) is 0 Å². The predicted octanol–water partition coefficient (Wildman–Crippen LogP) is 6.75. The first-order chi connectivity index (χ1) is 15.5. The number of nitrogens with one attached hydrogen (secondary N) is 2. The van der Waals surface area contributed by atoms with Gasteiger partial charge in [-0.15, -0.1) is 11.3 Å². The normalized spacial score (nSPS) is 10.4. The largest absolute Gasteiger partial charge is 0.435 e. The number of rotatable bonds is 6. The highest BCUT2D eigenvalue weighted by atomic mass is 35.5. The van der Waals surface area contributed by atoms with Gasteiger partial charge < -0.3 is 15.4 Å². The molecule has 9 heteroatoms. The molecule has 0 unspecified atom stereocenters. The van der Waals surface area contributed by atoms with Gasteiger partial charge in [0.25, 0.3) is 11.8 Å². The maximum atomic E-state index is 12.7. The second kappa shape index (κ2) is 9.82. The summed E-state index contributed by atoms with van der Waals surface area (Å²) in [5.74, 6) is 0.00565. The van der Waals surface area contributed by atoms with Gasteiger partial charge in [-0.05, 0) is 53.9 Å². The molecule has 2 aromatic heterocycles. The highest BCUT2D eigenvalue weighted by Gasteiger charge is 2.13. The summed E-state index contributed by atoms with van der Waals surface area (Å²) in [4.78, 5) is 29.6. The van der Waals surface area contributed by atoms with Gasteiger partial charge in [-0.25, -0.2) is 4.98 Å². The summed E-state index contributed by atoms with van der Waals surface area (Å²) in [6.45, 7) is 0. The van der Waals surface area contributed by atoms with Crippen LogP contribution in [0.25, 0.3) is 0 Å². The third-order valence-corrected chi connectivity index (χ3v) is 5.61. The number of hydrogen-bond acceptors (Lipinski definition) is 5. The minimum absolute atomic E-state index is 0.170. The lowest BCUT2D eigenvalue weighted by Gasteiger charge is -2.13. The van der Waals surface area contributed by atoms with E-state index in [0.717, 1.165) is 0 Å². The molecule has 0 bridgehead atoms. The highest BCUT2D eigenvalue weighted by Crippen LogP contribution is 2.33. The molecule has 0 saturated heterocycles. The molecular weight excluding hydrogens is 469 g/mol. The number of carbonyl (C=O) groups excluding carboxylic acids is 2. The van der Waals surface area contributed by atoms with E-state index in [1.807, 2.05) is 11.4 Å². The van der Waals surface area contributed by atoms with Gasteiger partial charge in [-0.3, -0.25) is 9.59 Å². The lowest BCUT2D eigenvalue weighted by molar-refractivity contribution is 0.102. The first-order valence-electron chi connectivity index (χ1n) is 9.34. The van der Waals surface area contributed by atoms with Crippen molar-refractivity contribution in [3.8, 4) is 11.6 Å². The molecule has 0 radical (unpaired) electrons. The van der Waals surface area contributed by atoms with E-state index in [9.17, 15) is 9.59 Å². The maximum Gasteiger partial charge on any atom is 0.265 e. The third-order valence-electron chi connectivity index (χ3n) is 4.27. The molecular formula is C23H15Cl2N3O3S. The number of pyridine rings is 1. The van der Waals surface area contributed by atoms with Crippen LogP contribution >= 0.6 is 34.5 Å². The summed E-state index contributed by atoms with van der Waals surface area (Å²) in [6, 6.07) is 18.6. The fourth-order valence-electron chi connectivity index (χ4n) is 2.74. The van der Waals surface area contributed by atoms with E-state index in [1.165, 1.54) is 23.6 Å². The molecule has 0 atom stereocenters. The van der Waals surface area contributed by atoms with Gasteiger partial charge in [0.15, 0.2) is 5.75 Å². The van der Waals surface area contributed by atoms with E-state index >= 15 is 0 Å². The fraction of sp³-hybridized carbons (Fsp3) is 0. The molecule has 0 fully saturated rings. The standard InChI is InChI=1S/C23H15Cl2N3O3S/c24-15-12-17(25)23(26-13-15)31-19-5-2-1-4-18(19)28-21(29)14-7-9-16(10-8-14)27-22(30)20-6-3-11-32-20/h1-13H,(H,27,30)(H,28,29). The molecule has 4 rings (SSSR count). The minimum atomic E-state index is -0.340. The van der Waals surface area contributed by atoms with Gasteiger partial charge in [0.2, 0.25) is 5.88 Å². The lowest BCUT2D eigenvalue weighted by atomic mass is 10.2. The molecule has 160 valence electrons. The first kappa shape index (κ1) is 21.8. The SMILES string of the molecule is O=C(Nc1ccccc1Oc1ncc(Cl)cc1Cl)c1ccc(NC(=O)c2cccs2)cc1. The third kappa shape index (κ3) is 5.26. The van der Waals surface area contributed by atoms with Crippen molar-refractivity contribution in [2.75, 3.05) is 10.6 Å². The van der Waals surface area contributed by atoms with Crippen LogP contribution in [0.15, 0.2) is 78.3 Å². The number of benzene rings is 2. The van der Waals surface area contributed by atoms with Crippen molar-refractivity contribution in [1.29, 1.82) is 0 Å². The Labute approximate surface area is 197 Å². The fourth-order valence-corrected chi connectivity index (χ4v) is 3.78. The summed E-state index contributed by atoms with van der Waals surface area (Å²) in [5.41, 5.74) is 1.45. The molecule has 0 aliphatic carbocycles. The van der Waals surface area contributed by atoms with Crippen LogP contribution in [-0.2, 0) is 0 Å². The number of aromatic nitrogens is 1. The first-order valence-corrected chi connectivity index (χ1v) is 11.0. The van der Waals surface area contributed by atoms with E-state index in [-0.39, 0.29) is 22.7 Å². The molecule has 0 spiro atoms. The van der Waals surface area contributed by atoms with E-state index in [4.69, 9.17) is 27.9 Å². The number of carbonyl (C=O) groups is 2. The number of para-hydroxylation sites is 2. The quantitative estimate of drug-likeness (QED) is 0.317. The molecule has 0 saturated carbocycles. The molecule has 0 aliphatic heterocycles. The molecule has 0 aliphatic rings. The second-order valence-electron chi connectivity index (χ2n) is 6.50. The maximum absolute atomic E-state index is 12.7. The van der Waals surface area contributed by atoms with Crippen molar-refractivity contribution in [2.45, 2.75) is 0 Å². The number of thiophene rings is 1. The molecule has 6 nitrogen and oxygen atoms in total. The molecule has 32 heavy (non-hydrogen) atoms. The average molecular weight is 484 g/mol. The monoisotopic (exact) mass is 483 g/mol. The Hall–Kier alpha value is -3.39. The van der Waals surface area contributed by atoms with Gasteiger partial charge in [0.1, 0.15) is 5.02 Å². The van der Waals surface area contributed by atoms with E-state index in [2.05, 4.69) is 15.6 Å². The van der Waals surface area contributed by atoms with Gasteiger partial charge in [0.05, 0.1) is 15.6 Å². The Morgan fingerprint density at radius 3 is 2.41 bits per heavy atom. The molecule has 2 heterocycles. The van der Waals surface area contributed by atoms with Crippen molar-refractivity contribution < 1.29 is 14.3 Å². The summed E-state index contributed by atoms with van der Waals surface area (Å²) in [6.07, 6.45) is 1.42. The number of hydrogen-bond donors (Lipinski definition) is 2. The Bertz CT molecular complexity index is 1260. The second-order valence-corrected chi connectivity index (χ2v) is 8.29. The van der Waals surface area contributed by atoms with Crippen LogP contribution in [0.1, 0.15) is 20.0 Å². The zero-order valence-corrected chi connectivity index (χ0v) is 18.7. The van der Waals surface area contributed by atoms with Crippen LogP contribution in [0.4, 0.5) is 11.4 Å². The van der Waals surface area contributed by atoms with Crippen LogP contribution in [0.2, 0.25) is 10.0 Å². The predicted molar refractivity (Wildman–Crippen MR) is 127 cm³/mol. The molecule has 2 N–H and O–H groups in total. The molecule has 4 aromatic rings. The zero-order chi connectivity index (χ0) is 22.5. The average Bonchev–Trinajstić information content (AvgIpc) is 3.32. The lowest BCUT2D eigenvalue weighted by Crippen LogP contribution is -2.13. The smallest absolute Gasteiger partial charge is 0.265 e. The van der Waals surface area contributed by atoms with Gasteiger partial charge in [-0.1, -0.05) is 41.4 Å². The Balaban J connectivity index is 1.45. The van der Waals surface area contributed by atoms with E-state index in [0.29, 0.717) is 32.6 Å². The summed E-state index contributed by atoms with van der Waals surface area (Å²) < 4.78 is 5.77. The van der Waals surface area contributed by atoms with Crippen LogP contribution in [-0.4, -0.2) is 16.8 Å². The summed E-state index contributed by atoms with van der Waals surface area (Å²) in [5, 5.41) is 8.08. The number of ether oxygens (including phenoxy) is 1. The van der Waals surface area contributed by atoms with Gasteiger partial charge >= 0.3 is 0 Å². The van der Waals surface area contributed by atoms with Crippen molar-refractivity contribution >= 4 is 57.7 Å². The highest BCUT2D eigenvalue weighted by molar-refractivity contribution is 7.12. The number of amides is 2. The summed E-state index contributed by atoms with van der Waals surface area (Å²) in [7, 11) is 0. The molecule has 2 aromatic carbocycles.